The first kappa shape index (κ1) is 19.8. The molecule has 0 unspecified atom stereocenters. The van der Waals surface area contributed by atoms with Crippen LogP contribution in [-0.4, -0.2) is 15.5 Å². The van der Waals surface area contributed by atoms with Crippen LogP contribution in [0.5, 0.6) is 0 Å². The number of aromatic nitrogens is 2. The Labute approximate surface area is 186 Å². The maximum Gasteiger partial charge on any atom is 0.244 e. The zero-order valence-electron chi connectivity index (χ0n) is 17.6. The third kappa shape index (κ3) is 4.16. The van der Waals surface area contributed by atoms with Crippen LogP contribution in [-0.2, 0) is 17.9 Å². The molecule has 5 aromatic rings. The molecule has 0 saturated heterocycles. The summed E-state index contributed by atoms with van der Waals surface area (Å²) in [6.07, 6.45) is 3.38. The lowest BCUT2D eigenvalue weighted by molar-refractivity contribution is -0.116. The summed E-state index contributed by atoms with van der Waals surface area (Å²) in [5, 5.41) is 5.43. The molecule has 0 radical (unpaired) electrons. The van der Waals surface area contributed by atoms with Gasteiger partial charge in [-0.15, -0.1) is 0 Å². The largest absolute Gasteiger partial charge is 0.345 e. The number of nitrogens with one attached hydrogen (secondary N) is 1. The summed E-state index contributed by atoms with van der Waals surface area (Å²) in [6, 6.07) is 32.7. The normalized spacial score (nSPS) is 11.4. The number of benzene rings is 4. The minimum Gasteiger partial charge on any atom is -0.345 e. The van der Waals surface area contributed by atoms with Crippen LogP contribution < -0.4 is 5.32 Å². The Morgan fingerprint density at radius 2 is 1.59 bits per heavy atom. The van der Waals surface area contributed by atoms with Crippen LogP contribution in [0.15, 0.2) is 103 Å². The first-order chi connectivity index (χ1) is 15.8. The second-order valence-electron chi connectivity index (χ2n) is 7.70. The second-order valence-corrected chi connectivity index (χ2v) is 7.70. The van der Waals surface area contributed by atoms with Crippen molar-refractivity contribution in [2.45, 2.75) is 13.1 Å². The van der Waals surface area contributed by atoms with Crippen molar-refractivity contribution in [3.8, 4) is 0 Å². The second kappa shape index (κ2) is 8.90. The molecule has 0 fully saturated rings. The van der Waals surface area contributed by atoms with E-state index in [9.17, 15) is 4.79 Å². The molecule has 0 aliphatic carbocycles. The van der Waals surface area contributed by atoms with E-state index in [0.717, 1.165) is 22.4 Å². The Balaban J connectivity index is 1.42. The number of hydrogen-bond donors (Lipinski definition) is 1. The molecule has 0 bridgehead atoms. The highest BCUT2D eigenvalue weighted by Crippen LogP contribution is 2.23. The topological polar surface area (TPSA) is 46.9 Å². The van der Waals surface area contributed by atoms with Gasteiger partial charge in [-0.3, -0.25) is 4.79 Å². The Morgan fingerprint density at radius 3 is 2.50 bits per heavy atom. The molecule has 0 atom stereocenters. The highest BCUT2D eigenvalue weighted by Gasteiger charge is 2.12. The van der Waals surface area contributed by atoms with Gasteiger partial charge in [0, 0.05) is 6.08 Å². The van der Waals surface area contributed by atoms with Crippen molar-refractivity contribution < 1.29 is 4.79 Å². The Kier molecular flexibility index (Phi) is 5.50. The molecule has 1 N–H and O–H groups in total. The number of carbonyl (C=O) groups is 1. The quantitative estimate of drug-likeness (QED) is 0.367. The van der Waals surface area contributed by atoms with Gasteiger partial charge in [0.15, 0.2) is 0 Å². The van der Waals surface area contributed by atoms with Crippen molar-refractivity contribution in [1.29, 1.82) is 0 Å². The fraction of sp³-hybridized carbons (Fsp3) is 0.0714. The summed E-state index contributed by atoms with van der Waals surface area (Å²) < 4.78 is 2.19. The number of fused-ring (bicyclic) bond motifs is 2. The fourth-order valence-corrected chi connectivity index (χ4v) is 4.00. The third-order valence-corrected chi connectivity index (χ3v) is 5.59. The van der Waals surface area contributed by atoms with E-state index in [1.54, 1.807) is 6.08 Å². The van der Waals surface area contributed by atoms with Crippen molar-refractivity contribution in [2.75, 3.05) is 0 Å². The summed E-state index contributed by atoms with van der Waals surface area (Å²) >= 11 is 0. The molecule has 1 amide bonds. The molecule has 156 valence electrons. The molecule has 4 aromatic carbocycles. The van der Waals surface area contributed by atoms with Crippen LogP contribution in [0, 0.1) is 0 Å². The fourth-order valence-electron chi connectivity index (χ4n) is 4.00. The molecule has 4 heteroatoms. The standard InChI is InChI=1S/C28H23N3O/c32-28(18-17-21-9-2-1-3-10-21)29-19-27-30-25-15-6-7-16-26(25)31(27)20-23-13-8-12-22-11-4-5-14-24(22)23/h1-18H,19-20H2,(H,29,32)/b18-17-. The van der Waals surface area contributed by atoms with Gasteiger partial charge in [0.2, 0.25) is 5.91 Å². The van der Waals surface area contributed by atoms with Crippen LogP contribution >= 0.6 is 0 Å². The van der Waals surface area contributed by atoms with Gasteiger partial charge in [-0.1, -0.05) is 84.9 Å². The highest BCUT2D eigenvalue weighted by molar-refractivity contribution is 5.91. The Hall–Kier alpha value is -4.18. The predicted molar refractivity (Wildman–Crippen MR) is 130 cm³/mol. The minimum atomic E-state index is -0.141. The van der Waals surface area contributed by atoms with E-state index in [0.29, 0.717) is 13.1 Å². The maximum atomic E-state index is 12.4. The lowest BCUT2D eigenvalue weighted by atomic mass is 10.0. The van der Waals surface area contributed by atoms with Gasteiger partial charge in [-0.25, -0.2) is 4.98 Å². The monoisotopic (exact) mass is 417 g/mol. The molecule has 32 heavy (non-hydrogen) atoms. The van der Waals surface area contributed by atoms with Gasteiger partial charge in [0.25, 0.3) is 0 Å². The Morgan fingerprint density at radius 1 is 0.844 bits per heavy atom. The maximum absolute atomic E-state index is 12.4. The van der Waals surface area contributed by atoms with E-state index in [1.165, 1.54) is 16.3 Å². The first-order valence-corrected chi connectivity index (χ1v) is 10.7. The molecule has 0 saturated carbocycles. The summed E-state index contributed by atoms with van der Waals surface area (Å²) in [5.74, 6) is 0.693. The number of rotatable bonds is 6. The summed E-state index contributed by atoms with van der Waals surface area (Å²) in [4.78, 5) is 17.2. The van der Waals surface area contributed by atoms with Crippen LogP contribution in [0.3, 0.4) is 0 Å². The first-order valence-electron chi connectivity index (χ1n) is 10.7. The van der Waals surface area contributed by atoms with E-state index in [4.69, 9.17) is 4.98 Å². The number of carbonyl (C=O) groups excluding carboxylic acids is 1. The van der Waals surface area contributed by atoms with Crippen molar-refractivity contribution in [3.63, 3.8) is 0 Å². The zero-order chi connectivity index (χ0) is 21.8. The van der Waals surface area contributed by atoms with Crippen LogP contribution in [0.25, 0.3) is 27.9 Å². The predicted octanol–water partition coefficient (Wildman–Crippen LogP) is 5.57. The van der Waals surface area contributed by atoms with Crippen molar-refractivity contribution in [1.82, 2.24) is 14.9 Å². The number of hydrogen-bond acceptors (Lipinski definition) is 2. The average molecular weight is 418 g/mol. The highest BCUT2D eigenvalue weighted by atomic mass is 16.1. The minimum absolute atomic E-state index is 0.141. The van der Waals surface area contributed by atoms with E-state index < -0.39 is 0 Å². The van der Waals surface area contributed by atoms with Crippen molar-refractivity contribution in [3.05, 3.63) is 120 Å². The van der Waals surface area contributed by atoms with Gasteiger partial charge < -0.3 is 9.88 Å². The summed E-state index contributed by atoms with van der Waals surface area (Å²) in [7, 11) is 0. The third-order valence-electron chi connectivity index (χ3n) is 5.59. The van der Waals surface area contributed by atoms with Gasteiger partial charge in [0.1, 0.15) is 5.82 Å². The molecule has 1 heterocycles. The van der Waals surface area contributed by atoms with Crippen molar-refractivity contribution in [2.24, 2.45) is 0 Å². The van der Waals surface area contributed by atoms with Crippen LogP contribution in [0.4, 0.5) is 0 Å². The number of imidazole rings is 1. The number of nitrogens with zero attached hydrogens (tertiary/aromatic N) is 2. The lowest BCUT2D eigenvalue weighted by Crippen LogP contribution is -2.23. The van der Waals surface area contributed by atoms with E-state index in [1.807, 2.05) is 54.6 Å². The van der Waals surface area contributed by atoms with Crippen molar-refractivity contribution >= 4 is 33.8 Å². The summed E-state index contributed by atoms with van der Waals surface area (Å²) in [6.45, 7) is 1.05. The van der Waals surface area contributed by atoms with Gasteiger partial charge in [0.05, 0.1) is 24.1 Å². The number of para-hydroxylation sites is 2. The number of amides is 1. The Bertz CT molecular complexity index is 1410. The molecule has 5 rings (SSSR count). The van der Waals surface area contributed by atoms with Gasteiger partial charge in [-0.2, -0.15) is 0 Å². The van der Waals surface area contributed by atoms with E-state index >= 15 is 0 Å². The van der Waals surface area contributed by atoms with Crippen LogP contribution in [0.1, 0.15) is 17.0 Å². The van der Waals surface area contributed by atoms with Gasteiger partial charge in [-0.05, 0) is 40.1 Å². The smallest absolute Gasteiger partial charge is 0.244 e. The average Bonchev–Trinajstić information content (AvgIpc) is 3.19. The molecule has 1 aromatic heterocycles. The molecule has 0 aliphatic rings. The van der Waals surface area contributed by atoms with E-state index in [2.05, 4.69) is 58.4 Å². The molecular weight excluding hydrogens is 394 g/mol. The van der Waals surface area contributed by atoms with Crippen LogP contribution in [0.2, 0.25) is 0 Å². The molecule has 0 spiro atoms. The van der Waals surface area contributed by atoms with Gasteiger partial charge >= 0.3 is 0 Å². The zero-order valence-corrected chi connectivity index (χ0v) is 17.6. The lowest BCUT2D eigenvalue weighted by Gasteiger charge is -2.12. The molecule has 4 nitrogen and oxygen atoms in total. The summed E-state index contributed by atoms with van der Waals surface area (Å²) in [5.41, 5.74) is 4.20. The molecule has 0 aliphatic heterocycles. The van der Waals surface area contributed by atoms with E-state index in [-0.39, 0.29) is 5.91 Å². The molecular formula is C28H23N3O. The SMILES string of the molecule is O=C(/C=C\c1ccccc1)NCc1nc2ccccc2n1Cc1cccc2ccccc12.